The van der Waals surface area contributed by atoms with Gasteiger partial charge in [0.1, 0.15) is 11.6 Å². The van der Waals surface area contributed by atoms with Crippen LogP contribution < -0.4 is 4.74 Å². The van der Waals surface area contributed by atoms with Crippen molar-refractivity contribution in [2.75, 3.05) is 19.7 Å². The van der Waals surface area contributed by atoms with Crippen molar-refractivity contribution < 1.29 is 13.9 Å². The maximum atomic E-state index is 13.2. The number of hydrogen-bond donors (Lipinski definition) is 0. The minimum atomic E-state index is -0.213. The van der Waals surface area contributed by atoms with E-state index in [-0.39, 0.29) is 30.4 Å². The van der Waals surface area contributed by atoms with Crippen LogP contribution in [0.1, 0.15) is 56.6 Å². The molecule has 1 amide bonds. The Bertz CT molecular complexity index is 879. The molecule has 0 N–H and O–H groups in total. The summed E-state index contributed by atoms with van der Waals surface area (Å²) in [4.78, 5) is 17.3. The Morgan fingerprint density at radius 2 is 1.71 bits per heavy atom. The largest absolute Gasteiger partial charge is 0.483 e. The highest BCUT2D eigenvalue weighted by Gasteiger charge is 2.32. The van der Waals surface area contributed by atoms with E-state index >= 15 is 0 Å². The second-order valence-electron chi connectivity index (χ2n) is 9.11. The topological polar surface area (TPSA) is 32.8 Å². The summed E-state index contributed by atoms with van der Waals surface area (Å²) in [5.74, 6) is 1.25. The molecule has 2 aromatic carbocycles. The molecule has 0 aromatic heterocycles. The zero-order valence-electron chi connectivity index (χ0n) is 18.6. The highest BCUT2D eigenvalue weighted by Crippen LogP contribution is 2.38. The zero-order chi connectivity index (χ0) is 21.8. The van der Waals surface area contributed by atoms with Crippen molar-refractivity contribution in [3.63, 3.8) is 0 Å². The number of nitrogens with zero attached hydrogens (tertiary/aromatic N) is 2. The number of para-hydroxylation sites is 1. The van der Waals surface area contributed by atoms with Gasteiger partial charge >= 0.3 is 0 Å². The average Bonchev–Trinajstić information content (AvgIpc) is 3.31. The van der Waals surface area contributed by atoms with Crippen molar-refractivity contribution in [3.8, 4) is 5.75 Å². The molecule has 31 heavy (non-hydrogen) atoms. The lowest BCUT2D eigenvalue weighted by molar-refractivity contribution is -0.139. The third-order valence-corrected chi connectivity index (χ3v) is 6.80. The second kappa shape index (κ2) is 9.82. The molecule has 4 rings (SSSR count). The summed E-state index contributed by atoms with van der Waals surface area (Å²) in [5.41, 5.74) is 2.34. The van der Waals surface area contributed by atoms with Gasteiger partial charge in [-0.1, -0.05) is 43.2 Å². The fourth-order valence-electron chi connectivity index (χ4n) is 5.00. The first-order valence-corrected chi connectivity index (χ1v) is 11.5. The van der Waals surface area contributed by atoms with E-state index in [1.54, 1.807) is 0 Å². The molecule has 0 spiro atoms. The Morgan fingerprint density at radius 3 is 2.45 bits per heavy atom. The lowest BCUT2D eigenvalue weighted by atomic mass is 9.97. The van der Waals surface area contributed by atoms with Gasteiger partial charge in [0.15, 0.2) is 6.61 Å². The van der Waals surface area contributed by atoms with Crippen LogP contribution in [0.4, 0.5) is 4.39 Å². The van der Waals surface area contributed by atoms with E-state index in [1.165, 1.54) is 43.4 Å². The van der Waals surface area contributed by atoms with Gasteiger partial charge in [0, 0.05) is 31.7 Å². The summed E-state index contributed by atoms with van der Waals surface area (Å²) in [5, 5.41) is 0. The van der Waals surface area contributed by atoms with E-state index < -0.39 is 0 Å². The second-order valence-corrected chi connectivity index (χ2v) is 9.11. The molecular formula is C26H33FN2O2. The highest BCUT2D eigenvalue weighted by molar-refractivity contribution is 5.78. The fraction of sp³-hybridized carbons (Fsp3) is 0.500. The molecule has 4 nitrogen and oxygen atoms in total. The van der Waals surface area contributed by atoms with E-state index in [9.17, 15) is 9.18 Å². The molecule has 1 aliphatic heterocycles. The molecule has 1 heterocycles. The number of piperazine rings is 1. The molecule has 2 aliphatic rings. The highest BCUT2D eigenvalue weighted by atomic mass is 19.1. The molecule has 1 saturated carbocycles. The van der Waals surface area contributed by atoms with Crippen molar-refractivity contribution in [2.45, 2.75) is 64.1 Å². The lowest BCUT2D eigenvalue weighted by Gasteiger charge is -2.44. The summed E-state index contributed by atoms with van der Waals surface area (Å²) in [6.07, 6.45) is 4.96. The monoisotopic (exact) mass is 424 g/mol. The van der Waals surface area contributed by atoms with E-state index in [0.29, 0.717) is 12.5 Å². The van der Waals surface area contributed by atoms with Gasteiger partial charge < -0.3 is 9.64 Å². The predicted octanol–water partition coefficient (Wildman–Crippen LogP) is 4.98. The van der Waals surface area contributed by atoms with E-state index in [0.717, 1.165) is 24.4 Å². The standard InChI is InChI=1S/C26H33FN2O2/c1-19-16-29(20(2)15-28(19)17-21-11-13-23(27)14-12-21)26(30)18-31-25-10-6-5-9-24(25)22-7-3-4-8-22/h5-6,9-14,19-20,22H,3-4,7-8,15-18H2,1-2H3. The SMILES string of the molecule is CC1CN(C(=O)COc2ccccc2C2CCCC2)C(C)CN1Cc1ccc(F)cc1. The lowest BCUT2D eigenvalue weighted by Crippen LogP contribution is -2.58. The van der Waals surface area contributed by atoms with E-state index in [2.05, 4.69) is 30.9 Å². The van der Waals surface area contributed by atoms with E-state index in [1.807, 2.05) is 29.2 Å². The first-order chi connectivity index (χ1) is 15.0. The van der Waals surface area contributed by atoms with Crippen LogP contribution in [0.3, 0.4) is 0 Å². The van der Waals surface area contributed by atoms with Gasteiger partial charge in [0.2, 0.25) is 0 Å². The van der Waals surface area contributed by atoms with Gasteiger partial charge in [-0.3, -0.25) is 9.69 Å². The number of benzene rings is 2. The first-order valence-electron chi connectivity index (χ1n) is 11.5. The Morgan fingerprint density at radius 1 is 1.00 bits per heavy atom. The molecule has 2 unspecified atom stereocenters. The predicted molar refractivity (Wildman–Crippen MR) is 121 cm³/mol. The van der Waals surface area contributed by atoms with Crippen LogP contribution in [-0.4, -0.2) is 47.5 Å². The van der Waals surface area contributed by atoms with Gasteiger partial charge in [-0.15, -0.1) is 0 Å². The van der Waals surface area contributed by atoms with Crippen LogP contribution in [0.2, 0.25) is 0 Å². The zero-order valence-corrected chi connectivity index (χ0v) is 18.6. The normalized spacial score (nSPS) is 22.6. The fourth-order valence-corrected chi connectivity index (χ4v) is 5.00. The maximum absolute atomic E-state index is 13.2. The molecule has 2 atom stereocenters. The van der Waals surface area contributed by atoms with Crippen LogP contribution in [0.5, 0.6) is 5.75 Å². The van der Waals surface area contributed by atoms with Crippen LogP contribution in [-0.2, 0) is 11.3 Å². The molecule has 2 fully saturated rings. The number of amides is 1. The third kappa shape index (κ3) is 5.27. The van der Waals surface area contributed by atoms with Crippen LogP contribution in [0.15, 0.2) is 48.5 Å². The molecular weight excluding hydrogens is 391 g/mol. The average molecular weight is 425 g/mol. The third-order valence-electron chi connectivity index (χ3n) is 6.80. The molecule has 166 valence electrons. The summed E-state index contributed by atoms with van der Waals surface area (Å²) < 4.78 is 19.2. The molecule has 0 bridgehead atoms. The number of carbonyl (C=O) groups is 1. The molecule has 5 heteroatoms. The van der Waals surface area contributed by atoms with Crippen LogP contribution >= 0.6 is 0 Å². The summed E-state index contributed by atoms with van der Waals surface area (Å²) >= 11 is 0. The molecule has 1 saturated heterocycles. The van der Waals surface area contributed by atoms with Crippen molar-refractivity contribution >= 4 is 5.91 Å². The quantitative estimate of drug-likeness (QED) is 0.655. The number of hydrogen-bond acceptors (Lipinski definition) is 3. The Balaban J connectivity index is 1.34. The minimum absolute atomic E-state index is 0.0435. The van der Waals surface area contributed by atoms with Gasteiger partial charge in [0.25, 0.3) is 5.91 Å². The van der Waals surface area contributed by atoms with Crippen molar-refractivity contribution in [3.05, 3.63) is 65.5 Å². The first kappa shape index (κ1) is 21.8. The summed E-state index contributed by atoms with van der Waals surface area (Å²) in [6, 6.07) is 15.2. The van der Waals surface area contributed by atoms with Crippen LogP contribution in [0, 0.1) is 5.82 Å². The summed E-state index contributed by atoms with van der Waals surface area (Å²) in [6.45, 7) is 6.55. The maximum Gasteiger partial charge on any atom is 0.260 e. The molecule has 0 radical (unpaired) electrons. The molecule has 1 aliphatic carbocycles. The Labute approximate surface area is 185 Å². The number of carbonyl (C=O) groups excluding carboxylic acids is 1. The Kier molecular flexibility index (Phi) is 6.91. The van der Waals surface area contributed by atoms with Gasteiger partial charge in [-0.2, -0.15) is 0 Å². The number of rotatable bonds is 6. The Hall–Kier alpha value is -2.40. The van der Waals surface area contributed by atoms with Gasteiger partial charge in [-0.05, 0) is 61.9 Å². The van der Waals surface area contributed by atoms with Gasteiger partial charge in [-0.25, -0.2) is 4.39 Å². The minimum Gasteiger partial charge on any atom is -0.483 e. The van der Waals surface area contributed by atoms with Crippen molar-refractivity contribution in [2.24, 2.45) is 0 Å². The number of halogens is 1. The van der Waals surface area contributed by atoms with Crippen molar-refractivity contribution in [1.29, 1.82) is 0 Å². The number of ether oxygens (including phenoxy) is 1. The molecule has 2 aromatic rings. The van der Waals surface area contributed by atoms with E-state index in [4.69, 9.17) is 4.74 Å². The smallest absolute Gasteiger partial charge is 0.260 e. The summed E-state index contributed by atoms with van der Waals surface area (Å²) in [7, 11) is 0. The van der Waals surface area contributed by atoms with Crippen molar-refractivity contribution in [1.82, 2.24) is 9.80 Å². The van der Waals surface area contributed by atoms with Gasteiger partial charge in [0.05, 0.1) is 0 Å². The van der Waals surface area contributed by atoms with Crippen LogP contribution in [0.25, 0.3) is 0 Å².